The van der Waals surface area contributed by atoms with Gasteiger partial charge in [-0.25, -0.2) is 4.98 Å². The Bertz CT molecular complexity index is 838. The molecule has 1 saturated carbocycles. The molecular formula is C21H27N3O2S. The van der Waals surface area contributed by atoms with Gasteiger partial charge in [0.1, 0.15) is 9.88 Å². The maximum atomic E-state index is 12.5. The van der Waals surface area contributed by atoms with Crippen molar-refractivity contribution in [3.8, 4) is 10.6 Å². The van der Waals surface area contributed by atoms with Gasteiger partial charge >= 0.3 is 0 Å². The van der Waals surface area contributed by atoms with Gasteiger partial charge in [0.05, 0.1) is 12.2 Å². The molecule has 1 fully saturated rings. The Hall–Kier alpha value is -2.21. The van der Waals surface area contributed by atoms with Gasteiger partial charge in [-0.2, -0.15) is 0 Å². The molecule has 1 heterocycles. The van der Waals surface area contributed by atoms with Crippen LogP contribution in [0.1, 0.15) is 58.6 Å². The summed E-state index contributed by atoms with van der Waals surface area (Å²) in [6.07, 6.45) is 5.65. The number of rotatable bonds is 5. The Balaban J connectivity index is 1.61. The molecule has 1 aromatic heterocycles. The topological polar surface area (TPSA) is 71.1 Å². The first-order chi connectivity index (χ1) is 12.9. The van der Waals surface area contributed by atoms with E-state index in [1.165, 1.54) is 36.2 Å². The number of amides is 2. The highest BCUT2D eigenvalue weighted by atomic mass is 32.1. The number of carbonyl (C=O) groups is 2. The number of thiazole rings is 1. The quantitative estimate of drug-likeness (QED) is 0.820. The van der Waals surface area contributed by atoms with Crippen LogP contribution in [-0.4, -0.2) is 29.4 Å². The van der Waals surface area contributed by atoms with E-state index in [0.717, 1.165) is 29.0 Å². The molecule has 2 amide bonds. The molecule has 0 radical (unpaired) electrons. The molecule has 0 spiro atoms. The van der Waals surface area contributed by atoms with Crippen molar-refractivity contribution < 1.29 is 9.59 Å². The molecule has 2 N–H and O–H groups in total. The lowest BCUT2D eigenvalue weighted by Gasteiger charge is -2.22. The van der Waals surface area contributed by atoms with E-state index in [-0.39, 0.29) is 24.4 Å². The third-order valence-corrected chi connectivity index (χ3v) is 6.18. The van der Waals surface area contributed by atoms with E-state index < -0.39 is 0 Å². The van der Waals surface area contributed by atoms with Crippen LogP contribution in [0.25, 0.3) is 10.6 Å². The third-order valence-electron chi connectivity index (χ3n) is 4.99. The third kappa shape index (κ3) is 4.95. The van der Waals surface area contributed by atoms with Crippen LogP contribution < -0.4 is 10.6 Å². The summed E-state index contributed by atoms with van der Waals surface area (Å²) in [6, 6.07) is 6.46. The van der Waals surface area contributed by atoms with E-state index in [1.54, 1.807) is 0 Å². The second-order valence-corrected chi connectivity index (χ2v) is 8.34. The van der Waals surface area contributed by atoms with Crippen molar-refractivity contribution >= 4 is 23.2 Å². The minimum Gasteiger partial charge on any atom is -0.352 e. The fraction of sp³-hybridized carbons (Fsp3) is 0.476. The van der Waals surface area contributed by atoms with Crippen LogP contribution in [0.4, 0.5) is 0 Å². The van der Waals surface area contributed by atoms with Gasteiger partial charge < -0.3 is 10.6 Å². The van der Waals surface area contributed by atoms with E-state index in [1.807, 2.05) is 13.0 Å². The van der Waals surface area contributed by atoms with Gasteiger partial charge in [0.2, 0.25) is 5.91 Å². The number of aromatic nitrogens is 1. The van der Waals surface area contributed by atoms with Gasteiger partial charge in [-0.05, 0) is 39.2 Å². The summed E-state index contributed by atoms with van der Waals surface area (Å²) < 4.78 is 0. The highest BCUT2D eigenvalue weighted by Gasteiger charge is 2.19. The van der Waals surface area contributed by atoms with Crippen molar-refractivity contribution in [1.29, 1.82) is 0 Å². The van der Waals surface area contributed by atoms with Gasteiger partial charge in [-0.3, -0.25) is 9.59 Å². The fourth-order valence-corrected chi connectivity index (χ4v) is 4.62. The second kappa shape index (κ2) is 8.65. The largest absolute Gasteiger partial charge is 0.352 e. The molecule has 0 unspecified atom stereocenters. The monoisotopic (exact) mass is 385 g/mol. The normalized spacial score (nSPS) is 14.8. The van der Waals surface area contributed by atoms with Crippen molar-refractivity contribution in [3.63, 3.8) is 0 Å². The summed E-state index contributed by atoms with van der Waals surface area (Å²) in [7, 11) is 0. The van der Waals surface area contributed by atoms with Crippen LogP contribution in [-0.2, 0) is 4.79 Å². The van der Waals surface area contributed by atoms with Gasteiger partial charge in [0, 0.05) is 11.6 Å². The first-order valence-electron chi connectivity index (χ1n) is 9.56. The molecule has 27 heavy (non-hydrogen) atoms. The molecule has 1 aliphatic carbocycles. The van der Waals surface area contributed by atoms with Crippen LogP contribution in [0, 0.1) is 20.8 Å². The Kier molecular flexibility index (Phi) is 6.26. The Morgan fingerprint density at radius 2 is 1.89 bits per heavy atom. The Morgan fingerprint density at radius 3 is 2.59 bits per heavy atom. The van der Waals surface area contributed by atoms with Crippen LogP contribution in [0.5, 0.6) is 0 Å². The summed E-state index contributed by atoms with van der Waals surface area (Å²) in [6.45, 7) is 5.95. The smallest absolute Gasteiger partial charge is 0.263 e. The molecule has 2 aromatic rings. The maximum absolute atomic E-state index is 12.5. The number of aryl methyl sites for hydroxylation is 3. The zero-order chi connectivity index (χ0) is 19.4. The van der Waals surface area contributed by atoms with Crippen LogP contribution in [0.15, 0.2) is 18.2 Å². The van der Waals surface area contributed by atoms with E-state index in [2.05, 4.69) is 41.6 Å². The molecule has 1 aliphatic rings. The Morgan fingerprint density at radius 1 is 1.15 bits per heavy atom. The van der Waals surface area contributed by atoms with Crippen molar-refractivity contribution in [2.45, 2.75) is 58.9 Å². The number of hydrogen-bond acceptors (Lipinski definition) is 4. The van der Waals surface area contributed by atoms with Crippen LogP contribution in [0.2, 0.25) is 0 Å². The predicted molar refractivity (Wildman–Crippen MR) is 109 cm³/mol. The summed E-state index contributed by atoms with van der Waals surface area (Å²) in [5, 5.41) is 6.59. The first kappa shape index (κ1) is 19.5. The molecule has 0 atom stereocenters. The summed E-state index contributed by atoms with van der Waals surface area (Å²) in [4.78, 5) is 29.8. The van der Waals surface area contributed by atoms with E-state index >= 15 is 0 Å². The molecule has 0 saturated heterocycles. The van der Waals surface area contributed by atoms with Crippen molar-refractivity contribution in [3.05, 3.63) is 39.9 Å². The van der Waals surface area contributed by atoms with Crippen molar-refractivity contribution in [1.82, 2.24) is 15.6 Å². The van der Waals surface area contributed by atoms with Crippen molar-refractivity contribution in [2.24, 2.45) is 0 Å². The fourth-order valence-electron chi connectivity index (χ4n) is 3.54. The van der Waals surface area contributed by atoms with Gasteiger partial charge in [-0.1, -0.05) is 43.0 Å². The molecule has 0 aliphatic heterocycles. The minimum absolute atomic E-state index is 0.00552. The first-order valence-corrected chi connectivity index (χ1v) is 10.4. The summed E-state index contributed by atoms with van der Waals surface area (Å²) in [5.41, 5.74) is 4.08. The number of benzene rings is 1. The van der Waals surface area contributed by atoms with Gasteiger partial charge in [0.25, 0.3) is 5.91 Å². The predicted octanol–water partition coefficient (Wildman–Crippen LogP) is 3.91. The highest BCUT2D eigenvalue weighted by Crippen LogP contribution is 2.30. The van der Waals surface area contributed by atoms with E-state index in [0.29, 0.717) is 10.6 Å². The number of nitrogens with zero attached hydrogens (tertiary/aromatic N) is 1. The Labute approximate surface area is 164 Å². The highest BCUT2D eigenvalue weighted by molar-refractivity contribution is 7.17. The molecule has 6 heteroatoms. The summed E-state index contributed by atoms with van der Waals surface area (Å²) in [5.74, 6) is -0.355. The lowest BCUT2D eigenvalue weighted by Crippen LogP contribution is -2.42. The number of hydrogen-bond donors (Lipinski definition) is 2. The molecule has 5 nitrogen and oxygen atoms in total. The lowest BCUT2D eigenvalue weighted by atomic mass is 9.95. The molecule has 3 rings (SSSR count). The standard InChI is InChI=1S/C21H27N3O2S/c1-13-9-10-17(14(2)11-13)21-23-15(3)19(27-21)20(26)22-12-18(25)24-16-7-5-4-6-8-16/h9-11,16H,4-8,12H2,1-3H3,(H,22,26)(H,24,25). The van der Waals surface area contributed by atoms with Crippen LogP contribution >= 0.6 is 11.3 Å². The van der Waals surface area contributed by atoms with E-state index in [4.69, 9.17) is 0 Å². The van der Waals surface area contributed by atoms with Gasteiger partial charge in [0.15, 0.2) is 0 Å². The van der Waals surface area contributed by atoms with Crippen LogP contribution in [0.3, 0.4) is 0 Å². The molecule has 144 valence electrons. The molecular weight excluding hydrogens is 358 g/mol. The molecule has 0 bridgehead atoms. The molecule has 1 aromatic carbocycles. The van der Waals surface area contributed by atoms with E-state index in [9.17, 15) is 9.59 Å². The second-order valence-electron chi connectivity index (χ2n) is 7.34. The minimum atomic E-state index is -0.236. The average Bonchev–Trinajstić information content (AvgIpc) is 3.02. The lowest BCUT2D eigenvalue weighted by molar-refractivity contribution is -0.121. The SMILES string of the molecule is Cc1ccc(-c2nc(C)c(C(=O)NCC(=O)NC3CCCCC3)s2)c(C)c1. The number of nitrogens with one attached hydrogen (secondary N) is 2. The summed E-state index contributed by atoms with van der Waals surface area (Å²) >= 11 is 1.37. The zero-order valence-corrected chi connectivity index (χ0v) is 17.0. The maximum Gasteiger partial charge on any atom is 0.263 e. The number of carbonyl (C=O) groups excluding carboxylic acids is 2. The van der Waals surface area contributed by atoms with Crippen molar-refractivity contribution in [2.75, 3.05) is 6.54 Å². The average molecular weight is 386 g/mol. The zero-order valence-electron chi connectivity index (χ0n) is 16.2. The van der Waals surface area contributed by atoms with Gasteiger partial charge in [-0.15, -0.1) is 11.3 Å².